The van der Waals surface area contributed by atoms with Gasteiger partial charge < -0.3 is 15.0 Å². The first-order chi connectivity index (χ1) is 14.9. The quantitative estimate of drug-likeness (QED) is 0.416. The van der Waals surface area contributed by atoms with Crippen molar-refractivity contribution in [1.29, 1.82) is 0 Å². The molecule has 0 aliphatic carbocycles. The number of anilines is 1. The molecule has 1 aromatic heterocycles. The van der Waals surface area contributed by atoms with Crippen molar-refractivity contribution in [2.75, 3.05) is 32.1 Å². The predicted molar refractivity (Wildman–Crippen MR) is 126 cm³/mol. The van der Waals surface area contributed by atoms with Gasteiger partial charge in [0.15, 0.2) is 0 Å². The first kappa shape index (κ1) is 22.3. The van der Waals surface area contributed by atoms with E-state index in [0.29, 0.717) is 17.0 Å². The van der Waals surface area contributed by atoms with Crippen LogP contribution in [0.4, 0.5) is 5.69 Å². The van der Waals surface area contributed by atoms with E-state index in [4.69, 9.17) is 4.74 Å². The first-order valence-corrected chi connectivity index (χ1v) is 10.8. The van der Waals surface area contributed by atoms with Crippen LogP contribution in [0.2, 0.25) is 0 Å². The second-order valence-electron chi connectivity index (χ2n) is 6.96. The minimum Gasteiger partial charge on any atom is -0.495 e. The fourth-order valence-electron chi connectivity index (χ4n) is 3.07. The summed E-state index contributed by atoms with van der Waals surface area (Å²) in [5, 5.41) is 9.91. The van der Waals surface area contributed by atoms with Gasteiger partial charge in [0, 0.05) is 40.2 Å². The van der Waals surface area contributed by atoms with Crippen molar-refractivity contribution in [1.82, 2.24) is 10.7 Å². The number of carbonyl (C=O) groups excluding carboxylic acids is 2. The lowest BCUT2D eigenvalue weighted by Gasteiger charge is -2.20. The van der Waals surface area contributed by atoms with Crippen LogP contribution in [-0.2, 0) is 4.79 Å². The summed E-state index contributed by atoms with van der Waals surface area (Å²) in [7, 11) is 3.51. The molecule has 3 aromatic rings. The largest absolute Gasteiger partial charge is 0.495 e. The van der Waals surface area contributed by atoms with Gasteiger partial charge in [-0.1, -0.05) is 18.2 Å². The molecule has 0 atom stereocenters. The molecule has 2 amide bonds. The third-order valence-electron chi connectivity index (χ3n) is 4.96. The number of rotatable bonds is 8. The topological polar surface area (TPSA) is 83.0 Å². The highest BCUT2D eigenvalue weighted by Crippen LogP contribution is 2.28. The minimum absolute atomic E-state index is 0.182. The standard InChI is InChI=1S/C23H26N4O3S/c1-5-27(3)19-11-10-16(12-20(19)30-4)23(29)24-13-22(28)26-25-15(2)18-14-31-21-9-7-6-8-17(18)21/h6-12,14H,5,13H2,1-4H3,(H,24,29)(H,26,28). The van der Waals surface area contributed by atoms with Gasteiger partial charge in [0.1, 0.15) is 5.75 Å². The van der Waals surface area contributed by atoms with Crippen LogP contribution >= 0.6 is 11.3 Å². The Labute approximate surface area is 185 Å². The van der Waals surface area contributed by atoms with Gasteiger partial charge in [-0.3, -0.25) is 9.59 Å². The number of hydrogen-bond donors (Lipinski definition) is 2. The zero-order valence-electron chi connectivity index (χ0n) is 18.1. The molecule has 0 aliphatic rings. The van der Waals surface area contributed by atoms with Crippen LogP contribution in [0.1, 0.15) is 29.8 Å². The molecule has 0 unspecified atom stereocenters. The van der Waals surface area contributed by atoms with E-state index in [0.717, 1.165) is 27.9 Å². The van der Waals surface area contributed by atoms with Crippen LogP contribution < -0.4 is 20.4 Å². The Hall–Kier alpha value is -3.39. The molecule has 7 nitrogen and oxygen atoms in total. The highest BCUT2D eigenvalue weighted by molar-refractivity contribution is 7.17. The normalized spacial score (nSPS) is 11.3. The molecule has 31 heavy (non-hydrogen) atoms. The predicted octanol–water partition coefficient (Wildman–Crippen LogP) is 3.64. The zero-order chi connectivity index (χ0) is 22.4. The molecule has 2 N–H and O–H groups in total. The second kappa shape index (κ2) is 10.1. The molecule has 0 aliphatic heterocycles. The van der Waals surface area contributed by atoms with Crippen molar-refractivity contribution in [3.05, 3.63) is 59.0 Å². The van der Waals surface area contributed by atoms with Crippen LogP contribution in [0, 0.1) is 0 Å². The van der Waals surface area contributed by atoms with Gasteiger partial charge in [-0.25, -0.2) is 5.43 Å². The molecule has 1 heterocycles. The summed E-state index contributed by atoms with van der Waals surface area (Å²) in [6, 6.07) is 13.2. The van der Waals surface area contributed by atoms with E-state index in [9.17, 15) is 9.59 Å². The monoisotopic (exact) mass is 438 g/mol. The number of hydrogen-bond acceptors (Lipinski definition) is 6. The van der Waals surface area contributed by atoms with Gasteiger partial charge in [0.2, 0.25) is 0 Å². The van der Waals surface area contributed by atoms with E-state index < -0.39 is 5.91 Å². The fourth-order valence-corrected chi connectivity index (χ4v) is 4.08. The van der Waals surface area contributed by atoms with E-state index in [2.05, 4.69) is 15.8 Å². The molecule has 0 saturated heterocycles. The van der Waals surface area contributed by atoms with Crippen molar-refractivity contribution in [3.63, 3.8) is 0 Å². The maximum atomic E-state index is 12.4. The number of hydrazone groups is 1. The molecular weight excluding hydrogens is 412 g/mol. The average Bonchev–Trinajstić information content (AvgIpc) is 3.24. The Morgan fingerprint density at radius 3 is 2.71 bits per heavy atom. The SMILES string of the molecule is CCN(C)c1ccc(C(=O)NCC(=O)NN=C(C)c2csc3ccccc23)cc1OC. The van der Waals surface area contributed by atoms with Gasteiger partial charge in [0.25, 0.3) is 11.8 Å². The average molecular weight is 439 g/mol. The molecule has 0 bridgehead atoms. The fraction of sp³-hybridized carbons (Fsp3) is 0.261. The summed E-state index contributed by atoms with van der Waals surface area (Å²) in [4.78, 5) is 26.6. The Kier molecular flexibility index (Phi) is 7.25. The molecule has 0 spiro atoms. The number of benzene rings is 2. The Morgan fingerprint density at radius 1 is 1.19 bits per heavy atom. The van der Waals surface area contributed by atoms with Crippen molar-refractivity contribution >= 4 is 44.6 Å². The third kappa shape index (κ3) is 5.21. The number of fused-ring (bicyclic) bond motifs is 1. The molecule has 162 valence electrons. The Morgan fingerprint density at radius 2 is 1.97 bits per heavy atom. The van der Waals surface area contributed by atoms with Gasteiger partial charge in [-0.2, -0.15) is 5.10 Å². The van der Waals surface area contributed by atoms with E-state index in [-0.39, 0.29) is 12.5 Å². The number of methoxy groups -OCH3 is 1. The van der Waals surface area contributed by atoms with Crippen LogP contribution in [0.3, 0.4) is 0 Å². The summed E-state index contributed by atoms with van der Waals surface area (Å²) in [6.07, 6.45) is 0. The van der Waals surface area contributed by atoms with E-state index in [1.807, 2.05) is 61.5 Å². The smallest absolute Gasteiger partial charge is 0.259 e. The molecule has 8 heteroatoms. The third-order valence-corrected chi connectivity index (χ3v) is 5.92. The van der Waals surface area contributed by atoms with Gasteiger partial charge >= 0.3 is 0 Å². The van der Waals surface area contributed by atoms with E-state index in [1.54, 1.807) is 30.6 Å². The number of nitrogens with one attached hydrogen (secondary N) is 2. The molecule has 3 rings (SSSR count). The highest BCUT2D eigenvalue weighted by Gasteiger charge is 2.13. The van der Waals surface area contributed by atoms with Gasteiger partial charge in [-0.05, 0) is 38.1 Å². The van der Waals surface area contributed by atoms with Crippen LogP contribution in [0.5, 0.6) is 5.75 Å². The molecule has 0 fully saturated rings. The lowest BCUT2D eigenvalue weighted by Crippen LogP contribution is -2.35. The Bertz CT molecular complexity index is 1120. The number of amides is 2. The first-order valence-electron chi connectivity index (χ1n) is 9.91. The minimum atomic E-state index is -0.401. The summed E-state index contributed by atoms with van der Waals surface area (Å²) in [5.74, 6) is -0.158. The molecular formula is C23H26N4O3S. The molecule has 2 aromatic carbocycles. The zero-order valence-corrected chi connectivity index (χ0v) is 18.9. The van der Waals surface area contributed by atoms with Crippen molar-refractivity contribution < 1.29 is 14.3 Å². The second-order valence-corrected chi connectivity index (χ2v) is 7.87. The lowest BCUT2D eigenvalue weighted by molar-refractivity contribution is -0.120. The summed E-state index contributed by atoms with van der Waals surface area (Å²) >= 11 is 1.63. The highest BCUT2D eigenvalue weighted by atomic mass is 32.1. The Balaban J connectivity index is 1.59. The van der Waals surface area contributed by atoms with Crippen molar-refractivity contribution in [3.8, 4) is 5.75 Å². The number of thiophene rings is 1. The number of nitrogens with zero attached hydrogens (tertiary/aromatic N) is 2. The van der Waals surface area contributed by atoms with Crippen LogP contribution in [0.25, 0.3) is 10.1 Å². The van der Waals surface area contributed by atoms with Crippen molar-refractivity contribution in [2.24, 2.45) is 5.10 Å². The number of carbonyl (C=O) groups is 2. The van der Waals surface area contributed by atoms with E-state index in [1.165, 1.54) is 0 Å². The number of ether oxygens (including phenoxy) is 1. The molecule has 0 saturated carbocycles. The maximum Gasteiger partial charge on any atom is 0.259 e. The maximum absolute atomic E-state index is 12.4. The summed E-state index contributed by atoms with van der Waals surface area (Å²) in [6.45, 7) is 4.50. The lowest BCUT2D eigenvalue weighted by atomic mass is 10.1. The van der Waals surface area contributed by atoms with Crippen molar-refractivity contribution in [2.45, 2.75) is 13.8 Å². The van der Waals surface area contributed by atoms with Crippen LogP contribution in [-0.4, -0.2) is 44.8 Å². The molecule has 0 radical (unpaired) electrons. The van der Waals surface area contributed by atoms with Gasteiger partial charge in [-0.15, -0.1) is 11.3 Å². The van der Waals surface area contributed by atoms with E-state index >= 15 is 0 Å². The van der Waals surface area contributed by atoms with Crippen LogP contribution in [0.15, 0.2) is 52.9 Å². The summed E-state index contributed by atoms with van der Waals surface area (Å²) < 4.78 is 6.56. The summed E-state index contributed by atoms with van der Waals surface area (Å²) in [5.41, 5.74) is 5.50. The van der Waals surface area contributed by atoms with Gasteiger partial charge in [0.05, 0.1) is 25.1 Å².